The zero-order valence-corrected chi connectivity index (χ0v) is 12.7. The van der Waals surface area contributed by atoms with Gasteiger partial charge in [-0.2, -0.15) is 33.9 Å². The predicted molar refractivity (Wildman–Crippen MR) is 73.4 cm³/mol. The van der Waals surface area contributed by atoms with Crippen molar-refractivity contribution in [3.63, 3.8) is 0 Å². The predicted octanol–water partition coefficient (Wildman–Crippen LogP) is 3.69. The van der Waals surface area contributed by atoms with Crippen molar-refractivity contribution in [1.82, 2.24) is 10.2 Å². The van der Waals surface area contributed by atoms with Crippen LogP contribution in [0.2, 0.25) is 0 Å². The molecule has 1 aromatic rings. The van der Waals surface area contributed by atoms with Gasteiger partial charge in [0.15, 0.2) is 0 Å². The van der Waals surface area contributed by atoms with Gasteiger partial charge in [-0.15, -0.1) is 0 Å². The first-order chi connectivity index (χ1) is 10.0. The quantitative estimate of drug-likeness (QED) is 0.850. The molecule has 0 saturated carbocycles. The summed E-state index contributed by atoms with van der Waals surface area (Å²) in [5.41, 5.74) is -0.888. The number of hydrogen-bond acceptors (Lipinski definition) is 4. The Hall–Kier alpha value is -2.15. The summed E-state index contributed by atoms with van der Waals surface area (Å²) < 4.78 is 37.0. The average Bonchev–Trinajstić information content (AvgIpc) is 2.42. The van der Waals surface area contributed by atoms with Crippen LogP contribution in [0.25, 0.3) is 0 Å². The third-order valence-corrected chi connectivity index (χ3v) is 3.23. The minimum Gasteiger partial charge on any atom is -0.197 e. The van der Waals surface area contributed by atoms with Crippen LogP contribution in [0.4, 0.5) is 13.2 Å². The number of rotatable bonds is 4. The largest absolute Gasteiger partial charge is 0.389 e. The van der Waals surface area contributed by atoms with Crippen LogP contribution in [-0.4, -0.2) is 16.4 Å². The van der Waals surface area contributed by atoms with Gasteiger partial charge < -0.3 is 0 Å². The molecule has 7 heteroatoms. The fourth-order valence-corrected chi connectivity index (χ4v) is 1.82. The smallest absolute Gasteiger partial charge is 0.197 e. The second kappa shape index (κ2) is 6.31. The number of halogens is 3. The standard InChI is InChI=1S/C15H17F3N4/c1-13(2,3)12-5-4-11(21-22-12)8-14(9-19,10-20)6-7-15(16,17)18/h4-5H,6-8H2,1-3H3. The van der Waals surface area contributed by atoms with Crippen molar-refractivity contribution in [1.29, 1.82) is 10.5 Å². The first-order valence-corrected chi connectivity index (χ1v) is 6.74. The van der Waals surface area contributed by atoms with E-state index < -0.39 is 24.4 Å². The Balaban J connectivity index is 2.93. The zero-order valence-electron chi connectivity index (χ0n) is 12.7. The van der Waals surface area contributed by atoms with E-state index in [1.165, 1.54) is 0 Å². The minimum atomic E-state index is -4.40. The molecule has 0 amide bonds. The maximum absolute atomic E-state index is 12.3. The highest BCUT2D eigenvalue weighted by molar-refractivity contribution is 5.21. The number of nitriles is 2. The lowest BCUT2D eigenvalue weighted by Gasteiger charge is -2.20. The van der Waals surface area contributed by atoms with E-state index in [1.54, 1.807) is 24.3 Å². The summed E-state index contributed by atoms with van der Waals surface area (Å²) in [5.74, 6) is 0. The normalized spacial score (nSPS) is 12.5. The molecular formula is C15H17F3N4. The van der Waals surface area contributed by atoms with E-state index in [0.29, 0.717) is 5.69 Å². The highest BCUT2D eigenvalue weighted by Gasteiger charge is 2.37. The summed E-state index contributed by atoms with van der Waals surface area (Å²) in [6, 6.07) is 6.72. The zero-order chi connectivity index (χ0) is 17.0. The molecule has 0 spiro atoms. The second-order valence-electron chi connectivity index (χ2n) is 6.26. The van der Waals surface area contributed by atoms with E-state index in [1.807, 2.05) is 20.8 Å². The van der Waals surface area contributed by atoms with Gasteiger partial charge in [0, 0.05) is 18.3 Å². The van der Waals surface area contributed by atoms with Crippen molar-refractivity contribution >= 4 is 0 Å². The van der Waals surface area contributed by atoms with Gasteiger partial charge in [0.2, 0.25) is 0 Å². The van der Waals surface area contributed by atoms with Gasteiger partial charge in [0.25, 0.3) is 0 Å². The number of aromatic nitrogens is 2. The molecule has 0 atom stereocenters. The molecule has 1 heterocycles. The van der Waals surface area contributed by atoms with Crippen molar-refractivity contribution < 1.29 is 13.2 Å². The van der Waals surface area contributed by atoms with Crippen molar-refractivity contribution in [2.75, 3.05) is 0 Å². The van der Waals surface area contributed by atoms with Gasteiger partial charge in [-0.05, 0) is 18.6 Å². The molecule has 4 nitrogen and oxygen atoms in total. The van der Waals surface area contributed by atoms with Crippen LogP contribution in [-0.2, 0) is 11.8 Å². The SMILES string of the molecule is CC(C)(C)c1ccc(CC(C#N)(C#N)CCC(F)(F)F)nn1. The Kier molecular flexibility index (Phi) is 5.13. The summed E-state index contributed by atoms with van der Waals surface area (Å²) in [6.07, 6.45) is -6.33. The van der Waals surface area contributed by atoms with Crippen LogP contribution in [0, 0.1) is 28.1 Å². The number of alkyl halides is 3. The molecule has 0 unspecified atom stereocenters. The van der Waals surface area contributed by atoms with Gasteiger partial charge in [-0.25, -0.2) is 0 Å². The molecule has 0 aliphatic heterocycles. The van der Waals surface area contributed by atoms with Crippen molar-refractivity contribution in [2.24, 2.45) is 5.41 Å². The van der Waals surface area contributed by atoms with Crippen molar-refractivity contribution in [3.8, 4) is 12.1 Å². The number of hydrogen-bond donors (Lipinski definition) is 0. The van der Waals surface area contributed by atoms with Crippen molar-refractivity contribution in [2.45, 2.75) is 51.6 Å². The molecule has 0 fully saturated rings. The molecule has 0 aliphatic carbocycles. The van der Waals surface area contributed by atoms with Crippen LogP contribution in [0.15, 0.2) is 12.1 Å². The fraction of sp³-hybridized carbons (Fsp3) is 0.600. The van der Waals surface area contributed by atoms with E-state index in [0.717, 1.165) is 5.69 Å². The molecule has 1 aromatic heterocycles. The van der Waals surface area contributed by atoms with E-state index >= 15 is 0 Å². The van der Waals surface area contributed by atoms with Crippen LogP contribution in [0.5, 0.6) is 0 Å². The van der Waals surface area contributed by atoms with Crippen molar-refractivity contribution in [3.05, 3.63) is 23.5 Å². The molecule has 0 bridgehead atoms. The molecular weight excluding hydrogens is 293 g/mol. The third-order valence-electron chi connectivity index (χ3n) is 3.23. The van der Waals surface area contributed by atoms with Gasteiger partial charge >= 0.3 is 6.18 Å². The lowest BCUT2D eigenvalue weighted by molar-refractivity contribution is -0.138. The van der Waals surface area contributed by atoms with E-state index in [2.05, 4.69) is 10.2 Å². The van der Waals surface area contributed by atoms with Gasteiger partial charge in [0.05, 0.1) is 23.5 Å². The molecule has 118 valence electrons. The van der Waals surface area contributed by atoms with Crippen LogP contribution >= 0.6 is 0 Å². The Morgan fingerprint density at radius 1 is 1.00 bits per heavy atom. The summed E-state index contributed by atoms with van der Waals surface area (Å²) in [5, 5.41) is 26.2. The summed E-state index contributed by atoms with van der Waals surface area (Å²) >= 11 is 0. The Labute approximate surface area is 127 Å². The highest BCUT2D eigenvalue weighted by Crippen LogP contribution is 2.32. The summed E-state index contributed by atoms with van der Waals surface area (Å²) in [6.45, 7) is 5.86. The van der Waals surface area contributed by atoms with E-state index in [9.17, 15) is 13.2 Å². The first kappa shape index (κ1) is 17.9. The van der Waals surface area contributed by atoms with Gasteiger partial charge in [-0.1, -0.05) is 20.8 Å². The summed E-state index contributed by atoms with van der Waals surface area (Å²) in [7, 11) is 0. The van der Waals surface area contributed by atoms with Gasteiger partial charge in [0.1, 0.15) is 5.41 Å². The topological polar surface area (TPSA) is 73.4 Å². The second-order valence-corrected chi connectivity index (χ2v) is 6.26. The monoisotopic (exact) mass is 310 g/mol. The Morgan fingerprint density at radius 2 is 1.59 bits per heavy atom. The minimum absolute atomic E-state index is 0.173. The third kappa shape index (κ3) is 5.00. The fourth-order valence-electron chi connectivity index (χ4n) is 1.82. The molecule has 0 N–H and O–H groups in total. The molecule has 0 radical (unpaired) electrons. The molecule has 0 aromatic carbocycles. The molecule has 0 saturated heterocycles. The molecule has 1 rings (SSSR count). The Morgan fingerprint density at radius 3 is 1.95 bits per heavy atom. The lowest BCUT2D eigenvalue weighted by Crippen LogP contribution is -2.24. The molecule has 22 heavy (non-hydrogen) atoms. The van der Waals surface area contributed by atoms with Crippen LogP contribution in [0.1, 0.15) is 45.0 Å². The average molecular weight is 310 g/mol. The molecule has 0 aliphatic rings. The summed E-state index contributed by atoms with van der Waals surface area (Å²) in [4.78, 5) is 0. The van der Waals surface area contributed by atoms with Gasteiger partial charge in [-0.3, -0.25) is 0 Å². The Bertz CT molecular complexity index is 572. The van der Waals surface area contributed by atoms with E-state index in [-0.39, 0.29) is 11.8 Å². The highest BCUT2D eigenvalue weighted by atomic mass is 19.4. The van der Waals surface area contributed by atoms with E-state index in [4.69, 9.17) is 10.5 Å². The maximum Gasteiger partial charge on any atom is 0.389 e. The maximum atomic E-state index is 12.3. The lowest BCUT2D eigenvalue weighted by atomic mass is 9.81. The van der Waals surface area contributed by atoms with Crippen LogP contribution < -0.4 is 0 Å². The first-order valence-electron chi connectivity index (χ1n) is 6.74. The van der Waals surface area contributed by atoms with Crippen LogP contribution in [0.3, 0.4) is 0 Å². The number of nitrogens with zero attached hydrogens (tertiary/aromatic N) is 4.